The van der Waals surface area contributed by atoms with E-state index in [9.17, 15) is 4.79 Å². The highest BCUT2D eigenvalue weighted by Gasteiger charge is 2.16. The van der Waals surface area contributed by atoms with E-state index in [4.69, 9.17) is 0 Å². The van der Waals surface area contributed by atoms with Gasteiger partial charge in [-0.25, -0.2) is 0 Å². The summed E-state index contributed by atoms with van der Waals surface area (Å²) < 4.78 is 0. The molecule has 5 rings (SSSR count). The van der Waals surface area contributed by atoms with Gasteiger partial charge < -0.3 is 5.32 Å². The molecule has 0 atom stereocenters. The molecule has 0 aromatic heterocycles. The Morgan fingerprint density at radius 3 is 2.12 bits per heavy atom. The Labute approximate surface area is 190 Å². The molecule has 0 radical (unpaired) electrons. The van der Waals surface area contributed by atoms with Crippen LogP contribution in [0.1, 0.15) is 47.2 Å². The van der Waals surface area contributed by atoms with Crippen molar-refractivity contribution in [2.45, 2.75) is 32.6 Å². The topological polar surface area (TPSA) is 29.1 Å². The van der Waals surface area contributed by atoms with Gasteiger partial charge in [-0.2, -0.15) is 0 Å². The summed E-state index contributed by atoms with van der Waals surface area (Å²) in [6.45, 7) is 5.95. The van der Waals surface area contributed by atoms with Gasteiger partial charge in [0.05, 0.1) is 0 Å². The molecular formula is C30H29NO. The summed E-state index contributed by atoms with van der Waals surface area (Å²) in [6.07, 6.45) is 2.40. The standard InChI is InChI=1S/C30H29NO/c1-20-3-5-23(6-4-20)26-11-12-29-28(17-26)18-27(21(2)32)19-30(29)25-9-7-22(8-10-25)24-13-15-31-16-14-24/h3-12,17-19,24,31H,13-16H2,1-2H3. The van der Waals surface area contributed by atoms with Crippen molar-refractivity contribution in [1.82, 2.24) is 5.32 Å². The predicted octanol–water partition coefficient (Wildman–Crippen LogP) is 7.15. The molecule has 1 fully saturated rings. The van der Waals surface area contributed by atoms with E-state index >= 15 is 0 Å². The lowest BCUT2D eigenvalue weighted by Crippen LogP contribution is -2.26. The van der Waals surface area contributed by atoms with Crippen LogP contribution in [0.3, 0.4) is 0 Å². The van der Waals surface area contributed by atoms with Crippen LogP contribution in [-0.2, 0) is 0 Å². The number of nitrogens with one attached hydrogen (secondary N) is 1. The molecule has 4 aromatic rings. The number of hydrogen-bond donors (Lipinski definition) is 1. The molecule has 0 unspecified atom stereocenters. The summed E-state index contributed by atoms with van der Waals surface area (Å²) in [5.74, 6) is 0.739. The first kappa shape index (κ1) is 20.7. The van der Waals surface area contributed by atoms with E-state index < -0.39 is 0 Å². The Hall–Kier alpha value is -3.23. The summed E-state index contributed by atoms with van der Waals surface area (Å²) >= 11 is 0. The molecule has 1 N–H and O–H groups in total. The summed E-state index contributed by atoms with van der Waals surface area (Å²) in [4.78, 5) is 12.3. The zero-order valence-corrected chi connectivity index (χ0v) is 18.8. The Bertz CT molecular complexity index is 1260. The number of benzene rings is 4. The monoisotopic (exact) mass is 419 g/mol. The maximum absolute atomic E-state index is 12.3. The van der Waals surface area contributed by atoms with Gasteiger partial charge in [0.2, 0.25) is 0 Å². The van der Waals surface area contributed by atoms with Gasteiger partial charge in [-0.1, -0.05) is 66.2 Å². The van der Waals surface area contributed by atoms with Crippen molar-refractivity contribution in [2.24, 2.45) is 0 Å². The largest absolute Gasteiger partial charge is 0.317 e. The van der Waals surface area contributed by atoms with Crippen LogP contribution in [-0.4, -0.2) is 18.9 Å². The van der Waals surface area contributed by atoms with Gasteiger partial charge in [0, 0.05) is 5.56 Å². The van der Waals surface area contributed by atoms with E-state index in [1.807, 2.05) is 6.07 Å². The quantitative estimate of drug-likeness (QED) is 0.356. The number of aryl methyl sites for hydroxylation is 1. The molecule has 0 amide bonds. The van der Waals surface area contributed by atoms with Gasteiger partial charge in [-0.05, 0) is 102 Å². The molecule has 4 aromatic carbocycles. The van der Waals surface area contributed by atoms with Gasteiger partial charge >= 0.3 is 0 Å². The normalized spacial score (nSPS) is 14.6. The van der Waals surface area contributed by atoms with Crippen LogP contribution in [0.15, 0.2) is 78.9 Å². The number of ketones is 1. The molecular weight excluding hydrogens is 390 g/mol. The number of carbonyl (C=O) groups is 1. The average molecular weight is 420 g/mol. The van der Waals surface area contributed by atoms with Crippen molar-refractivity contribution in [3.63, 3.8) is 0 Å². The number of rotatable bonds is 4. The second kappa shape index (κ2) is 8.72. The predicted molar refractivity (Wildman–Crippen MR) is 134 cm³/mol. The van der Waals surface area contributed by atoms with Crippen LogP contribution in [0.5, 0.6) is 0 Å². The van der Waals surface area contributed by atoms with Crippen molar-refractivity contribution < 1.29 is 4.79 Å². The minimum atomic E-state index is 0.0974. The first-order chi connectivity index (χ1) is 15.6. The smallest absolute Gasteiger partial charge is 0.159 e. The van der Waals surface area contributed by atoms with E-state index in [-0.39, 0.29) is 5.78 Å². The zero-order valence-electron chi connectivity index (χ0n) is 18.8. The Kier molecular flexibility index (Phi) is 5.63. The molecule has 32 heavy (non-hydrogen) atoms. The van der Waals surface area contributed by atoms with Crippen LogP contribution >= 0.6 is 0 Å². The summed E-state index contributed by atoms with van der Waals surface area (Å²) in [6, 6.07) is 28.3. The number of piperidine rings is 1. The Balaban J connectivity index is 1.58. The highest BCUT2D eigenvalue weighted by atomic mass is 16.1. The number of Topliss-reactive ketones (excluding diaryl/α,β-unsaturated/α-hetero) is 1. The Morgan fingerprint density at radius 2 is 1.44 bits per heavy atom. The van der Waals surface area contributed by atoms with Crippen molar-refractivity contribution >= 4 is 16.6 Å². The molecule has 0 saturated carbocycles. The highest BCUT2D eigenvalue weighted by molar-refractivity contribution is 6.05. The zero-order chi connectivity index (χ0) is 22.1. The van der Waals surface area contributed by atoms with Crippen LogP contribution in [0.2, 0.25) is 0 Å². The summed E-state index contributed by atoms with van der Waals surface area (Å²) in [5, 5.41) is 5.73. The molecule has 0 spiro atoms. The van der Waals surface area contributed by atoms with Crippen molar-refractivity contribution in [2.75, 3.05) is 13.1 Å². The highest BCUT2D eigenvalue weighted by Crippen LogP contribution is 2.35. The fourth-order valence-corrected chi connectivity index (χ4v) is 4.83. The molecule has 2 heteroatoms. The van der Waals surface area contributed by atoms with E-state index in [2.05, 4.69) is 85.0 Å². The molecule has 0 bridgehead atoms. The number of fused-ring (bicyclic) bond motifs is 1. The summed E-state index contributed by atoms with van der Waals surface area (Å²) in [7, 11) is 0. The van der Waals surface area contributed by atoms with Crippen LogP contribution in [0, 0.1) is 6.92 Å². The Morgan fingerprint density at radius 1 is 0.781 bits per heavy atom. The van der Waals surface area contributed by atoms with E-state index in [1.165, 1.54) is 46.0 Å². The van der Waals surface area contributed by atoms with Gasteiger partial charge in [0.1, 0.15) is 0 Å². The van der Waals surface area contributed by atoms with Crippen LogP contribution in [0.4, 0.5) is 0 Å². The fourth-order valence-electron chi connectivity index (χ4n) is 4.83. The second-order valence-corrected chi connectivity index (χ2v) is 9.03. The first-order valence-electron chi connectivity index (χ1n) is 11.6. The third-order valence-corrected chi connectivity index (χ3v) is 6.78. The van der Waals surface area contributed by atoms with E-state index in [1.54, 1.807) is 6.92 Å². The van der Waals surface area contributed by atoms with Gasteiger partial charge in [-0.15, -0.1) is 0 Å². The van der Waals surface area contributed by atoms with Crippen molar-refractivity contribution in [1.29, 1.82) is 0 Å². The van der Waals surface area contributed by atoms with E-state index in [0.717, 1.165) is 29.6 Å². The average Bonchev–Trinajstić information content (AvgIpc) is 2.84. The molecule has 1 saturated heterocycles. The molecule has 1 heterocycles. The molecule has 1 aliphatic rings. The molecule has 160 valence electrons. The lowest BCUT2D eigenvalue weighted by molar-refractivity contribution is 0.101. The molecule has 2 nitrogen and oxygen atoms in total. The van der Waals surface area contributed by atoms with Gasteiger partial charge in [0.25, 0.3) is 0 Å². The first-order valence-corrected chi connectivity index (χ1v) is 11.6. The number of carbonyl (C=O) groups excluding carboxylic acids is 1. The minimum Gasteiger partial charge on any atom is -0.317 e. The molecule has 0 aliphatic carbocycles. The third-order valence-electron chi connectivity index (χ3n) is 6.78. The van der Waals surface area contributed by atoms with E-state index in [0.29, 0.717) is 5.92 Å². The van der Waals surface area contributed by atoms with Crippen LogP contribution in [0.25, 0.3) is 33.0 Å². The molecule has 1 aliphatic heterocycles. The van der Waals surface area contributed by atoms with Gasteiger partial charge in [0.15, 0.2) is 5.78 Å². The van der Waals surface area contributed by atoms with Gasteiger partial charge in [-0.3, -0.25) is 4.79 Å². The lowest BCUT2D eigenvalue weighted by Gasteiger charge is -2.23. The maximum atomic E-state index is 12.3. The minimum absolute atomic E-state index is 0.0974. The van der Waals surface area contributed by atoms with Crippen molar-refractivity contribution in [3.8, 4) is 22.3 Å². The maximum Gasteiger partial charge on any atom is 0.159 e. The van der Waals surface area contributed by atoms with Crippen LogP contribution < -0.4 is 5.32 Å². The fraction of sp³-hybridized carbons (Fsp3) is 0.233. The lowest BCUT2D eigenvalue weighted by atomic mass is 9.88. The third kappa shape index (κ3) is 4.11. The van der Waals surface area contributed by atoms with Crippen molar-refractivity contribution in [3.05, 3.63) is 95.6 Å². The summed E-state index contributed by atoms with van der Waals surface area (Å²) in [5.41, 5.74) is 8.09. The number of hydrogen-bond acceptors (Lipinski definition) is 2. The second-order valence-electron chi connectivity index (χ2n) is 9.03. The SMILES string of the molecule is CC(=O)c1cc(-c2ccc(C3CCNCC3)cc2)c2ccc(-c3ccc(C)cc3)cc2c1.